The number of benzene rings is 2. The van der Waals surface area contributed by atoms with Crippen LogP contribution in [-0.2, 0) is 14.3 Å². The van der Waals surface area contributed by atoms with Crippen molar-refractivity contribution in [2.75, 3.05) is 33.5 Å². The summed E-state index contributed by atoms with van der Waals surface area (Å²) in [6, 6.07) is 11.6. The smallest absolute Gasteiger partial charge is 0.295 e. The molecule has 1 amide bonds. The summed E-state index contributed by atoms with van der Waals surface area (Å²) in [5.41, 5.74) is 1.17. The van der Waals surface area contributed by atoms with Crippen LogP contribution in [0.2, 0.25) is 0 Å². The summed E-state index contributed by atoms with van der Waals surface area (Å²) in [6.45, 7) is 1.64. The summed E-state index contributed by atoms with van der Waals surface area (Å²) in [4.78, 5) is 27.4. The van der Waals surface area contributed by atoms with E-state index in [0.717, 1.165) is 10.0 Å². The molecule has 2 aliphatic heterocycles. The number of halogens is 1. The molecule has 162 valence electrons. The van der Waals surface area contributed by atoms with Crippen molar-refractivity contribution in [2.24, 2.45) is 0 Å². The quantitative estimate of drug-likeness (QED) is 0.289. The molecule has 0 saturated carbocycles. The molecule has 7 nitrogen and oxygen atoms in total. The summed E-state index contributed by atoms with van der Waals surface area (Å²) >= 11 is 3.45. The number of rotatable bonds is 6. The molecular formula is C23H22BrNO6. The summed E-state index contributed by atoms with van der Waals surface area (Å²) < 4.78 is 17.0. The standard InChI is InChI=1S/C23H22BrNO6/c1-29-9-3-8-25-20(14-4-2-5-16(24)12-14)19(22(27)23(25)28)21(26)15-6-7-17-18(13-15)31-11-10-30-17/h2,4-7,12-13,20,26H,3,8-11H2,1H3/t20-/m1/s1. The molecule has 1 fully saturated rings. The zero-order valence-electron chi connectivity index (χ0n) is 17.0. The third-order valence-electron chi connectivity index (χ3n) is 5.27. The second kappa shape index (κ2) is 9.11. The number of ether oxygens (including phenoxy) is 3. The number of aliphatic hydroxyl groups is 1. The molecule has 4 rings (SSSR count). The van der Waals surface area contributed by atoms with E-state index >= 15 is 0 Å². The van der Waals surface area contributed by atoms with Crippen molar-refractivity contribution in [1.29, 1.82) is 0 Å². The van der Waals surface area contributed by atoms with Gasteiger partial charge in [-0.25, -0.2) is 0 Å². The van der Waals surface area contributed by atoms with Gasteiger partial charge in [-0.2, -0.15) is 0 Å². The second-order valence-electron chi connectivity index (χ2n) is 7.25. The van der Waals surface area contributed by atoms with Gasteiger partial charge >= 0.3 is 0 Å². The molecule has 0 bridgehead atoms. The third kappa shape index (κ3) is 4.18. The minimum absolute atomic E-state index is 0.0530. The summed E-state index contributed by atoms with van der Waals surface area (Å²) in [5, 5.41) is 11.1. The number of hydrogen-bond acceptors (Lipinski definition) is 6. The normalized spacial score (nSPS) is 19.7. The Morgan fingerprint density at radius 3 is 2.68 bits per heavy atom. The lowest BCUT2D eigenvalue weighted by Crippen LogP contribution is -2.31. The Morgan fingerprint density at radius 1 is 1.16 bits per heavy atom. The Kier molecular flexibility index (Phi) is 6.29. The first-order valence-electron chi connectivity index (χ1n) is 9.94. The van der Waals surface area contributed by atoms with Gasteiger partial charge in [-0.15, -0.1) is 0 Å². The minimum atomic E-state index is -0.713. The Morgan fingerprint density at radius 2 is 1.94 bits per heavy atom. The topological polar surface area (TPSA) is 85.3 Å². The maximum absolute atomic E-state index is 13.0. The van der Waals surface area contributed by atoms with E-state index in [-0.39, 0.29) is 11.3 Å². The molecule has 2 aliphatic rings. The van der Waals surface area contributed by atoms with Crippen LogP contribution in [0.15, 0.2) is 52.5 Å². The van der Waals surface area contributed by atoms with Gasteiger partial charge in [0.1, 0.15) is 19.0 Å². The fourth-order valence-electron chi connectivity index (χ4n) is 3.86. The molecule has 1 N–H and O–H groups in total. The van der Waals surface area contributed by atoms with Crippen LogP contribution in [0.3, 0.4) is 0 Å². The predicted molar refractivity (Wildman–Crippen MR) is 117 cm³/mol. The van der Waals surface area contributed by atoms with Crippen molar-refractivity contribution in [2.45, 2.75) is 12.5 Å². The molecule has 0 unspecified atom stereocenters. The molecule has 2 heterocycles. The first kappa shape index (κ1) is 21.4. The Balaban J connectivity index is 1.81. The lowest BCUT2D eigenvalue weighted by atomic mass is 9.95. The number of nitrogens with zero attached hydrogens (tertiary/aromatic N) is 1. The van der Waals surface area contributed by atoms with Crippen LogP contribution in [0.1, 0.15) is 23.6 Å². The lowest BCUT2D eigenvalue weighted by Gasteiger charge is -2.25. The van der Waals surface area contributed by atoms with Gasteiger partial charge in [-0.05, 0) is 42.3 Å². The van der Waals surface area contributed by atoms with E-state index in [9.17, 15) is 14.7 Å². The average Bonchev–Trinajstić information content (AvgIpc) is 3.03. The monoisotopic (exact) mass is 487 g/mol. The number of amides is 1. The SMILES string of the molecule is COCCCN1C(=O)C(=O)C(=C(O)c2ccc3c(c2)OCCO3)[C@H]1c1cccc(Br)c1. The van der Waals surface area contributed by atoms with Gasteiger partial charge in [-0.1, -0.05) is 28.1 Å². The van der Waals surface area contributed by atoms with Crippen molar-refractivity contribution in [1.82, 2.24) is 4.90 Å². The summed E-state index contributed by atoms with van der Waals surface area (Å²) in [6.07, 6.45) is 0.568. The number of hydrogen-bond donors (Lipinski definition) is 1. The molecule has 1 saturated heterocycles. The molecular weight excluding hydrogens is 466 g/mol. The van der Waals surface area contributed by atoms with Crippen molar-refractivity contribution >= 4 is 33.4 Å². The maximum Gasteiger partial charge on any atom is 0.295 e. The number of ketones is 1. The van der Waals surface area contributed by atoms with Gasteiger partial charge < -0.3 is 24.2 Å². The molecule has 1 atom stereocenters. The fraction of sp³-hybridized carbons (Fsp3) is 0.304. The zero-order valence-corrected chi connectivity index (χ0v) is 18.6. The molecule has 0 aromatic heterocycles. The predicted octanol–water partition coefficient (Wildman–Crippen LogP) is 3.68. The maximum atomic E-state index is 13.0. The largest absolute Gasteiger partial charge is 0.507 e. The number of carbonyl (C=O) groups excluding carboxylic acids is 2. The van der Waals surface area contributed by atoms with Crippen molar-refractivity contribution in [3.05, 3.63) is 63.6 Å². The number of Topliss-reactive ketones (excluding diaryl/α,β-unsaturated/α-hetero) is 1. The average molecular weight is 488 g/mol. The van der Waals surface area contributed by atoms with E-state index in [1.165, 1.54) is 4.90 Å². The fourth-order valence-corrected chi connectivity index (χ4v) is 4.28. The third-order valence-corrected chi connectivity index (χ3v) is 5.76. The summed E-state index contributed by atoms with van der Waals surface area (Å²) in [7, 11) is 1.59. The van der Waals surface area contributed by atoms with Crippen molar-refractivity contribution in [3.63, 3.8) is 0 Å². The Bertz CT molecular complexity index is 1050. The van der Waals surface area contributed by atoms with E-state index < -0.39 is 17.7 Å². The van der Waals surface area contributed by atoms with Gasteiger partial charge in [-0.3, -0.25) is 9.59 Å². The van der Waals surface area contributed by atoms with Gasteiger partial charge in [0, 0.05) is 30.3 Å². The van der Waals surface area contributed by atoms with E-state index in [1.54, 1.807) is 25.3 Å². The lowest BCUT2D eigenvalue weighted by molar-refractivity contribution is -0.140. The molecule has 0 spiro atoms. The van der Waals surface area contributed by atoms with E-state index in [4.69, 9.17) is 14.2 Å². The zero-order chi connectivity index (χ0) is 22.0. The van der Waals surface area contributed by atoms with E-state index in [0.29, 0.717) is 49.8 Å². The first-order valence-corrected chi connectivity index (χ1v) is 10.7. The first-order chi connectivity index (χ1) is 15.0. The van der Waals surface area contributed by atoms with Crippen LogP contribution in [0.4, 0.5) is 0 Å². The van der Waals surface area contributed by atoms with Gasteiger partial charge in [0.05, 0.1) is 11.6 Å². The minimum Gasteiger partial charge on any atom is -0.507 e. The highest BCUT2D eigenvalue weighted by Gasteiger charge is 2.45. The number of fused-ring (bicyclic) bond motifs is 1. The highest BCUT2D eigenvalue weighted by molar-refractivity contribution is 9.10. The molecule has 31 heavy (non-hydrogen) atoms. The molecule has 2 aromatic carbocycles. The second-order valence-corrected chi connectivity index (χ2v) is 8.17. The van der Waals surface area contributed by atoms with Crippen molar-refractivity contribution < 1.29 is 28.9 Å². The van der Waals surface area contributed by atoms with E-state index in [2.05, 4.69) is 15.9 Å². The molecule has 0 radical (unpaired) electrons. The van der Waals surface area contributed by atoms with Crippen LogP contribution in [0.25, 0.3) is 5.76 Å². The molecule has 0 aliphatic carbocycles. The van der Waals surface area contributed by atoms with Gasteiger partial charge in [0.25, 0.3) is 11.7 Å². The molecule has 2 aromatic rings. The van der Waals surface area contributed by atoms with Crippen LogP contribution in [-0.4, -0.2) is 55.2 Å². The molecule has 8 heteroatoms. The Hall–Kier alpha value is -2.84. The van der Waals surface area contributed by atoms with Gasteiger partial charge in [0.15, 0.2) is 11.5 Å². The highest BCUT2D eigenvalue weighted by atomic mass is 79.9. The van der Waals surface area contributed by atoms with E-state index in [1.807, 2.05) is 24.3 Å². The number of likely N-dealkylation sites (tertiary alicyclic amines) is 1. The number of carbonyl (C=O) groups is 2. The van der Waals surface area contributed by atoms with Crippen molar-refractivity contribution in [3.8, 4) is 11.5 Å². The number of aliphatic hydroxyl groups excluding tert-OH is 1. The highest BCUT2D eigenvalue weighted by Crippen LogP contribution is 2.41. The van der Waals surface area contributed by atoms with Crippen LogP contribution in [0, 0.1) is 0 Å². The number of methoxy groups -OCH3 is 1. The van der Waals surface area contributed by atoms with Gasteiger partial charge in [0.2, 0.25) is 0 Å². The van der Waals surface area contributed by atoms with Crippen LogP contribution < -0.4 is 9.47 Å². The Labute approximate surface area is 188 Å². The van der Waals surface area contributed by atoms with Crippen LogP contribution in [0.5, 0.6) is 11.5 Å². The summed E-state index contributed by atoms with van der Waals surface area (Å²) in [5.74, 6) is -0.528. The van der Waals surface area contributed by atoms with Crippen LogP contribution >= 0.6 is 15.9 Å².